The van der Waals surface area contributed by atoms with Crippen LogP contribution in [0.3, 0.4) is 0 Å². The lowest BCUT2D eigenvalue weighted by Crippen LogP contribution is -2.42. The Balaban J connectivity index is 1.34. The first kappa shape index (κ1) is 24.3. The zero-order valence-corrected chi connectivity index (χ0v) is 21.4. The molecule has 4 nitrogen and oxygen atoms in total. The number of piperidine rings is 1. The van der Waals surface area contributed by atoms with Gasteiger partial charge in [-0.2, -0.15) is 0 Å². The lowest BCUT2D eigenvalue weighted by molar-refractivity contribution is -0.119. The van der Waals surface area contributed by atoms with Gasteiger partial charge in [-0.3, -0.25) is 4.79 Å². The topological polar surface area (TPSA) is 32.8 Å². The molecule has 0 N–H and O–H groups in total. The Morgan fingerprint density at radius 3 is 2.45 bits per heavy atom. The van der Waals surface area contributed by atoms with E-state index in [2.05, 4.69) is 45.1 Å². The maximum absolute atomic E-state index is 13.3. The van der Waals surface area contributed by atoms with E-state index >= 15 is 0 Å². The quantitative estimate of drug-likeness (QED) is 0.397. The number of hydrogen-bond donors (Lipinski definition) is 0. The first-order valence-electron chi connectivity index (χ1n) is 12.5. The molecule has 0 atom stereocenters. The number of methoxy groups -OCH3 is 1. The second-order valence-corrected chi connectivity index (χ2v) is 10.5. The van der Waals surface area contributed by atoms with E-state index in [1.165, 1.54) is 37.7 Å². The van der Waals surface area contributed by atoms with Gasteiger partial charge in [0.15, 0.2) is 0 Å². The smallest absolute Gasteiger partial charge is 0.227 e. The molecule has 0 unspecified atom stereocenters. The van der Waals surface area contributed by atoms with Gasteiger partial charge in [0, 0.05) is 29.7 Å². The van der Waals surface area contributed by atoms with Gasteiger partial charge in [-0.25, -0.2) is 0 Å². The molecule has 0 radical (unpaired) electrons. The summed E-state index contributed by atoms with van der Waals surface area (Å²) in [7, 11) is 1.75. The molecule has 2 aliphatic rings. The fraction of sp³-hybridized carbons (Fsp3) is 0.536. The minimum atomic E-state index is 0.293. The molecule has 0 bridgehead atoms. The molecule has 2 aromatic rings. The molecule has 1 amide bonds. The van der Waals surface area contributed by atoms with Crippen LogP contribution in [0, 0.1) is 5.92 Å². The molecule has 33 heavy (non-hydrogen) atoms. The number of carbonyl (C=O) groups is 1. The van der Waals surface area contributed by atoms with Crippen molar-refractivity contribution >= 4 is 27.5 Å². The summed E-state index contributed by atoms with van der Waals surface area (Å²) in [6.45, 7) is 3.80. The van der Waals surface area contributed by atoms with E-state index in [0.717, 1.165) is 54.9 Å². The van der Waals surface area contributed by atoms with E-state index < -0.39 is 0 Å². The van der Waals surface area contributed by atoms with E-state index in [1.807, 2.05) is 29.2 Å². The summed E-state index contributed by atoms with van der Waals surface area (Å²) in [5, 5.41) is 0. The molecule has 1 heterocycles. The number of likely N-dealkylation sites (tertiary alicyclic amines) is 1. The standard InChI is InChI=1S/C28H37BrN2O2/c1-33-27-13-12-24(29)21-26(27)23-14-16-30(17-15-23)18-19-31(25-10-6-3-7-11-25)28(32)20-22-8-4-2-5-9-22/h3,6-7,10-13,21-23H,2,4-5,8-9,14-20H2,1H3. The van der Waals surface area contributed by atoms with Crippen molar-refractivity contribution in [3.8, 4) is 5.75 Å². The van der Waals surface area contributed by atoms with Crippen LogP contribution in [0.2, 0.25) is 0 Å². The summed E-state index contributed by atoms with van der Waals surface area (Å²) in [6, 6.07) is 16.5. The lowest BCUT2D eigenvalue weighted by Gasteiger charge is -2.34. The minimum absolute atomic E-state index is 0.293. The van der Waals surface area contributed by atoms with Gasteiger partial charge in [-0.1, -0.05) is 53.4 Å². The molecular formula is C28H37BrN2O2. The summed E-state index contributed by atoms with van der Waals surface area (Å²) < 4.78 is 6.73. The van der Waals surface area contributed by atoms with Crippen LogP contribution in [0.5, 0.6) is 5.75 Å². The van der Waals surface area contributed by atoms with E-state index in [-0.39, 0.29) is 0 Å². The predicted octanol–water partition coefficient (Wildman–Crippen LogP) is 6.64. The Morgan fingerprint density at radius 1 is 1.03 bits per heavy atom. The lowest BCUT2D eigenvalue weighted by atomic mass is 9.86. The Morgan fingerprint density at radius 2 is 1.76 bits per heavy atom. The van der Waals surface area contributed by atoms with Crippen LogP contribution >= 0.6 is 15.9 Å². The zero-order chi connectivity index (χ0) is 23.0. The van der Waals surface area contributed by atoms with E-state index in [4.69, 9.17) is 4.74 Å². The van der Waals surface area contributed by atoms with Crippen molar-refractivity contribution in [2.75, 3.05) is 38.2 Å². The Hall–Kier alpha value is -1.85. The first-order valence-corrected chi connectivity index (χ1v) is 13.3. The second-order valence-electron chi connectivity index (χ2n) is 9.59. The number of ether oxygens (including phenoxy) is 1. The highest BCUT2D eigenvalue weighted by molar-refractivity contribution is 9.10. The van der Waals surface area contributed by atoms with Crippen molar-refractivity contribution < 1.29 is 9.53 Å². The van der Waals surface area contributed by atoms with Gasteiger partial charge >= 0.3 is 0 Å². The predicted molar refractivity (Wildman–Crippen MR) is 139 cm³/mol. The van der Waals surface area contributed by atoms with Gasteiger partial charge in [0.05, 0.1) is 7.11 Å². The highest BCUT2D eigenvalue weighted by Gasteiger charge is 2.26. The van der Waals surface area contributed by atoms with Gasteiger partial charge in [-0.05, 0) is 86.5 Å². The number of hydrogen-bond acceptors (Lipinski definition) is 3. The normalized spacial score (nSPS) is 18.2. The minimum Gasteiger partial charge on any atom is -0.496 e. The van der Waals surface area contributed by atoms with Crippen molar-refractivity contribution in [3.63, 3.8) is 0 Å². The maximum atomic E-state index is 13.3. The van der Waals surface area contributed by atoms with Crippen LogP contribution in [0.4, 0.5) is 5.69 Å². The third-order valence-electron chi connectivity index (χ3n) is 7.42. The number of anilines is 1. The van der Waals surface area contributed by atoms with Gasteiger partial charge in [0.1, 0.15) is 5.75 Å². The molecule has 1 saturated heterocycles. The molecule has 1 aliphatic carbocycles. The molecule has 4 rings (SSSR count). The number of rotatable bonds is 8. The Kier molecular flexibility index (Phi) is 8.85. The third kappa shape index (κ3) is 6.60. The molecule has 178 valence electrons. The number of halogens is 1. The van der Waals surface area contributed by atoms with Crippen molar-refractivity contribution in [3.05, 3.63) is 58.6 Å². The van der Waals surface area contributed by atoms with E-state index in [0.29, 0.717) is 24.2 Å². The van der Waals surface area contributed by atoms with Crippen LogP contribution in [-0.2, 0) is 4.79 Å². The van der Waals surface area contributed by atoms with Gasteiger partial charge < -0.3 is 14.5 Å². The molecular weight excluding hydrogens is 476 g/mol. The second kappa shape index (κ2) is 12.0. The van der Waals surface area contributed by atoms with Gasteiger partial charge in [0.2, 0.25) is 5.91 Å². The monoisotopic (exact) mass is 512 g/mol. The molecule has 0 spiro atoms. The summed E-state index contributed by atoms with van der Waals surface area (Å²) in [5.74, 6) is 2.36. The zero-order valence-electron chi connectivity index (χ0n) is 19.8. The largest absolute Gasteiger partial charge is 0.496 e. The SMILES string of the molecule is COc1ccc(Br)cc1C1CCN(CCN(C(=O)CC2CCCCC2)c2ccccc2)CC1. The molecule has 1 saturated carbocycles. The van der Waals surface area contributed by atoms with Crippen LogP contribution < -0.4 is 9.64 Å². The summed E-state index contributed by atoms with van der Waals surface area (Å²) in [4.78, 5) is 17.9. The van der Waals surface area contributed by atoms with Crippen molar-refractivity contribution in [1.29, 1.82) is 0 Å². The summed E-state index contributed by atoms with van der Waals surface area (Å²) in [6.07, 6.45) is 9.24. The highest BCUT2D eigenvalue weighted by atomic mass is 79.9. The van der Waals surface area contributed by atoms with E-state index in [9.17, 15) is 4.79 Å². The number of carbonyl (C=O) groups excluding carboxylic acids is 1. The molecule has 2 fully saturated rings. The van der Waals surface area contributed by atoms with Crippen molar-refractivity contribution in [2.45, 2.75) is 57.3 Å². The van der Waals surface area contributed by atoms with Crippen LogP contribution in [0.1, 0.15) is 62.8 Å². The number of nitrogens with zero attached hydrogens (tertiary/aromatic N) is 2. The van der Waals surface area contributed by atoms with Crippen LogP contribution in [0.15, 0.2) is 53.0 Å². The first-order chi connectivity index (χ1) is 16.1. The summed E-state index contributed by atoms with van der Waals surface area (Å²) in [5.41, 5.74) is 2.34. The highest BCUT2D eigenvalue weighted by Crippen LogP contribution is 2.36. The van der Waals surface area contributed by atoms with Gasteiger partial charge in [0.25, 0.3) is 0 Å². The van der Waals surface area contributed by atoms with Gasteiger partial charge in [-0.15, -0.1) is 0 Å². The van der Waals surface area contributed by atoms with Crippen LogP contribution in [0.25, 0.3) is 0 Å². The Bertz CT molecular complexity index is 890. The fourth-order valence-corrected chi connectivity index (χ4v) is 5.87. The van der Waals surface area contributed by atoms with Crippen molar-refractivity contribution in [2.24, 2.45) is 5.92 Å². The number of para-hydroxylation sites is 1. The van der Waals surface area contributed by atoms with Crippen LogP contribution in [-0.4, -0.2) is 44.1 Å². The van der Waals surface area contributed by atoms with Crippen molar-refractivity contribution in [1.82, 2.24) is 4.90 Å². The maximum Gasteiger partial charge on any atom is 0.227 e. The summed E-state index contributed by atoms with van der Waals surface area (Å²) >= 11 is 3.61. The van der Waals surface area contributed by atoms with E-state index in [1.54, 1.807) is 7.11 Å². The average Bonchev–Trinajstić information content (AvgIpc) is 2.86. The number of amides is 1. The third-order valence-corrected chi connectivity index (χ3v) is 7.91. The fourth-order valence-electron chi connectivity index (χ4n) is 5.49. The molecule has 2 aromatic carbocycles. The molecule has 1 aliphatic heterocycles. The molecule has 0 aromatic heterocycles. The Labute approximate surface area is 207 Å². The average molecular weight is 514 g/mol. The molecule has 5 heteroatoms. The number of benzene rings is 2.